The van der Waals surface area contributed by atoms with Gasteiger partial charge in [0.2, 0.25) is 6.29 Å². The third kappa shape index (κ3) is 7.52. The molecule has 5 atom stereocenters. The highest BCUT2D eigenvalue weighted by molar-refractivity contribution is 5.67. The van der Waals surface area contributed by atoms with E-state index in [1.54, 1.807) is 12.1 Å². The SMILES string of the molecule is CC(=O)OC[C@H]1O[C@@H](Oc2ccc(CC(C)C)cc2)[C@H](O)[C@@H](OC(C)=O)[C@H]1OC(C)=O. The van der Waals surface area contributed by atoms with E-state index < -0.39 is 48.6 Å². The summed E-state index contributed by atoms with van der Waals surface area (Å²) in [5, 5.41) is 10.8. The van der Waals surface area contributed by atoms with E-state index in [1.165, 1.54) is 13.8 Å². The Hall–Kier alpha value is -2.65. The fourth-order valence-corrected chi connectivity index (χ4v) is 3.29. The lowest BCUT2D eigenvalue weighted by atomic mass is 9.98. The van der Waals surface area contributed by atoms with Gasteiger partial charge >= 0.3 is 17.9 Å². The first kappa shape index (κ1) is 24.6. The molecule has 31 heavy (non-hydrogen) atoms. The number of ether oxygens (including phenoxy) is 5. The number of carbonyl (C=O) groups is 3. The normalized spacial score (nSPS) is 25.6. The molecular formula is C22H30O9. The number of aliphatic hydroxyl groups is 1. The third-order valence-corrected chi connectivity index (χ3v) is 4.49. The Labute approximate surface area is 181 Å². The standard InChI is InChI=1S/C22H30O9/c1-12(2)10-16-6-8-17(9-7-16)30-22-19(26)21(29-15(5)25)20(28-14(4)24)18(31-22)11-27-13(3)23/h6-9,12,18-22,26H,10-11H2,1-5H3/t18-,19-,20+,21-,22-/m1/s1. The fraction of sp³-hybridized carbons (Fsp3) is 0.591. The Bertz CT molecular complexity index is 759. The molecule has 0 bridgehead atoms. The van der Waals surface area contributed by atoms with Crippen LogP contribution >= 0.6 is 0 Å². The highest BCUT2D eigenvalue weighted by Crippen LogP contribution is 2.29. The molecule has 1 heterocycles. The summed E-state index contributed by atoms with van der Waals surface area (Å²) in [4.78, 5) is 34.5. The molecule has 9 nitrogen and oxygen atoms in total. The van der Waals surface area contributed by atoms with Gasteiger partial charge in [-0.05, 0) is 30.0 Å². The molecule has 1 N–H and O–H groups in total. The van der Waals surface area contributed by atoms with Gasteiger partial charge in [-0.15, -0.1) is 0 Å². The molecule has 1 aliphatic heterocycles. The summed E-state index contributed by atoms with van der Waals surface area (Å²) in [7, 11) is 0. The molecule has 2 rings (SSSR count). The van der Waals surface area contributed by atoms with Crippen molar-refractivity contribution in [1.82, 2.24) is 0 Å². The number of rotatable bonds is 8. The van der Waals surface area contributed by atoms with Gasteiger partial charge in [0.05, 0.1) is 0 Å². The van der Waals surface area contributed by atoms with Crippen LogP contribution < -0.4 is 4.74 Å². The molecule has 0 amide bonds. The molecule has 0 unspecified atom stereocenters. The van der Waals surface area contributed by atoms with Crippen LogP contribution in [0, 0.1) is 5.92 Å². The fourth-order valence-electron chi connectivity index (χ4n) is 3.29. The van der Waals surface area contributed by atoms with Gasteiger partial charge in [-0.2, -0.15) is 0 Å². The topological polar surface area (TPSA) is 118 Å². The molecule has 1 saturated heterocycles. The lowest BCUT2D eigenvalue weighted by Gasteiger charge is -2.42. The van der Waals surface area contributed by atoms with E-state index in [9.17, 15) is 19.5 Å². The zero-order chi connectivity index (χ0) is 23.1. The van der Waals surface area contributed by atoms with Gasteiger partial charge in [0, 0.05) is 20.8 Å². The first-order valence-corrected chi connectivity index (χ1v) is 10.1. The maximum atomic E-state index is 11.6. The summed E-state index contributed by atoms with van der Waals surface area (Å²) < 4.78 is 27.0. The van der Waals surface area contributed by atoms with Crippen molar-refractivity contribution >= 4 is 17.9 Å². The Balaban J connectivity index is 2.24. The molecule has 0 aromatic heterocycles. The van der Waals surface area contributed by atoms with Gasteiger partial charge in [0.1, 0.15) is 18.5 Å². The molecule has 1 aromatic rings. The van der Waals surface area contributed by atoms with Crippen LogP contribution in [-0.4, -0.2) is 60.3 Å². The minimum absolute atomic E-state index is 0.287. The number of hydrogen-bond donors (Lipinski definition) is 1. The maximum Gasteiger partial charge on any atom is 0.303 e. The summed E-state index contributed by atoms with van der Waals surface area (Å²) >= 11 is 0. The Morgan fingerprint density at radius 2 is 1.55 bits per heavy atom. The van der Waals surface area contributed by atoms with E-state index in [0.29, 0.717) is 11.7 Å². The molecule has 1 aliphatic rings. The van der Waals surface area contributed by atoms with E-state index in [1.807, 2.05) is 12.1 Å². The first-order chi connectivity index (χ1) is 14.6. The van der Waals surface area contributed by atoms with E-state index in [4.69, 9.17) is 23.7 Å². The van der Waals surface area contributed by atoms with E-state index >= 15 is 0 Å². The van der Waals surface area contributed by atoms with Crippen molar-refractivity contribution in [3.05, 3.63) is 29.8 Å². The summed E-state index contributed by atoms with van der Waals surface area (Å²) in [6.07, 6.45) is -5.30. The van der Waals surface area contributed by atoms with Crippen molar-refractivity contribution in [3.63, 3.8) is 0 Å². The second-order valence-electron chi connectivity index (χ2n) is 7.84. The second-order valence-corrected chi connectivity index (χ2v) is 7.84. The van der Waals surface area contributed by atoms with E-state index in [-0.39, 0.29) is 6.61 Å². The van der Waals surface area contributed by atoms with Gasteiger partial charge in [-0.3, -0.25) is 14.4 Å². The van der Waals surface area contributed by atoms with Crippen molar-refractivity contribution in [2.45, 2.75) is 71.7 Å². The maximum absolute atomic E-state index is 11.6. The number of benzene rings is 1. The van der Waals surface area contributed by atoms with Crippen LogP contribution in [0.15, 0.2) is 24.3 Å². The summed E-state index contributed by atoms with van der Waals surface area (Å²) in [5.74, 6) is -1.01. The molecule has 172 valence electrons. The van der Waals surface area contributed by atoms with Crippen LogP contribution in [0.5, 0.6) is 5.75 Å². The molecule has 1 aromatic carbocycles. The monoisotopic (exact) mass is 438 g/mol. The average Bonchev–Trinajstić information content (AvgIpc) is 2.66. The largest absolute Gasteiger partial charge is 0.463 e. The van der Waals surface area contributed by atoms with Gasteiger partial charge in [0.15, 0.2) is 18.3 Å². The Kier molecular flexibility index (Phi) is 8.82. The predicted octanol–water partition coefficient (Wildman–Crippen LogP) is 1.78. The minimum Gasteiger partial charge on any atom is -0.463 e. The third-order valence-electron chi connectivity index (χ3n) is 4.49. The van der Waals surface area contributed by atoms with Crippen LogP contribution in [-0.2, 0) is 39.8 Å². The molecule has 9 heteroatoms. The molecule has 0 spiro atoms. The smallest absolute Gasteiger partial charge is 0.303 e. The van der Waals surface area contributed by atoms with Crippen LogP contribution in [0.4, 0.5) is 0 Å². The highest BCUT2D eigenvalue weighted by atomic mass is 16.7. The number of esters is 3. The van der Waals surface area contributed by atoms with Gasteiger partial charge in [0.25, 0.3) is 0 Å². The molecule has 0 radical (unpaired) electrons. The van der Waals surface area contributed by atoms with Crippen molar-refractivity contribution in [1.29, 1.82) is 0 Å². The van der Waals surface area contributed by atoms with Crippen molar-refractivity contribution in [2.24, 2.45) is 5.92 Å². The van der Waals surface area contributed by atoms with E-state index in [2.05, 4.69) is 13.8 Å². The quantitative estimate of drug-likeness (QED) is 0.479. The molecular weight excluding hydrogens is 408 g/mol. The van der Waals surface area contributed by atoms with Crippen LogP contribution in [0.3, 0.4) is 0 Å². The number of carbonyl (C=O) groups excluding carboxylic acids is 3. The molecule has 0 saturated carbocycles. The lowest BCUT2D eigenvalue weighted by molar-refractivity contribution is -0.285. The average molecular weight is 438 g/mol. The first-order valence-electron chi connectivity index (χ1n) is 10.1. The van der Waals surface area contributed by atoms with Crippen molar-refractivity contribution in [2.75, 3.05) is 6.61 Å². The van der Waals surface area contributed by atoms with Crippen LogP contribution in [0.25, 0.3) is 0 Å². The van der Waals surface area contributed by atoms with Crippen molar-refractivity contribution in [3.8, 4) is 5.75 Å². The van der Waals surface area contributed by atoms with E-state index in [0.717, 1.165) is 18.9 Å². The number of aliphatic hydroxyl groups excluding tert-OH is 1. The van der Waals surface area contributed by atoms with Gasteiger partial charge in [-0.25, -0.2) is 0 Å². The van der Waals surface area contributed by atoms with Crippen molar-refractivity contribution < 1.29 is 43.2 Å². The predicted molar refractivity (Wildman–Crippen MR) is 108 cm³/mol. The van der Waals surface area contributed by atoms with Crippen LogP contribution in [0.1, 0.15) is 40.2 Å². The van der Waals surface area contributed by atoms with Gasteiger partial charge < -0.3 is 28.8 Å². The van der Waals surface area contributed by atoms with Crippen LogP contribution in [0.2, 0.25) is 0 Å². The molecule has 1 fully saturated rings. The minimum atomic E-state index is -1.46. The zero-order valence-electron chi connectivity index (χ0n) is 18.4. The second kappa shape index (κ2) is 11.1. The van der Waals surface area contributed by atoms with Gasteiger partial charge in [-0.1, -0.05) is 26.0 Å². The molecule has 0 aliphatic carbocycles. The zero-order valence-corrected chi connectivity index (χ0v) is 18.4. The number of hydrogen-bond acceptors (Lipinski definition) is 9. The highest BCUT2D eigenvalue weighted by Gasteiger charge is 2.50. The lowest BCUT2D eigenvalue weighted by Crippen LogP contribution is -2.62. The summed E-state index contributed by atoms with van der Waals surface area (Å²) in [6.45, 7) is 7.50. The Morgan fingerprint density at radius 1 is 0.968 bits per heavy atom. The Morgan fingerprint density at radius 3 is 2.06 bits per heavy atom. The summed E-state index contributed by atoms with van der Waals surface area (Å²) in [6, 6.07) is 7.31. The summed E-state index contributed by atoms with van der Waals surface area (Å²) in [5.41, 5.74) is 1.13.